The van der Waals surface area contributed by atoms with Crippen LogP contribution in [0.3, 0.4) is 0 Å². The third kappa shape index (κ3) is 3.27. The molecule has 1 rings (SSSR count). The topological polar surface area (TPSA) is 57.5 Å². The number of aliphatic carboxylic acids is 1. The van der Waals surface area contributed by atoms with Gasteiger partial charge in [0.25, 0.3) is 0 Å². The Hall–Kier alpha value is -1.51. The lowest BCUT2D eigenvalue weighted by Crippen LogP contribution is -1.98. The predicted molar refractivity (Wildman–Crippen MR) is 58.2 cm³/mol. The smallest absolute Gasteiger partial charge is 0.303 e. The standard InChI is InChI=1S/C12H16O3/c1-8(2)10-7-9(3-5-11(10)13)4-6-12(14)15/h3,5,7-8,13H,4,6H2,1-2H3,(H,14,15). The van der Waals surface area contributed by atoms with Gasteiger partial charge >= 0.3 is 5.97 Å². The van der Waals surface area contributed by atoms with E-state index in [9.17, 15) is 9.90 Å². The maximum absolute atomic E-state index is 10.4. The summed E-state index contributed by atoms with van der Waals surface area (Å²) in [6.07, 6.45) is 0.637. The first-order chi connectivity index (χ1) is 7.00. The van der Waals surface area contributed by atoms with Crippen molar-refractivity contribution in [2.75, 3.05) is 0 Å². The largest absolute Gasteiger partial charge is 0.508 e. The second kappa shape index (κ2) is 4.82. The third-order valence-electron chi connectivity index (χ3n) is 2.34. The first-order valence-electron chi connectivity index (χ1n) is 5.04. The van der Waals surface area contributed by atoms with Crippen molar-refractivity contribution >= 4 is 5.97 Å². The Morgan fingerprint density at radius 2 is 2.07 bits per heavy atom. The van der Waals surface area contributed by atoms with Gasteiger partial charge in [-0.1, -0.05) is 26.0 Å². The monoisotopic (exact) mass is 208 g/mol. The maximum atomic E-state index is 10.4. The van der Waals surface area contributed by atoms with Gasteiger partial charge in [0.2, 0.25) is 0 Å². The van der Waals surface area contributed by atoms with Gasteiger partial charge in [-0.2, -0.15) is 0 Å². The van der Waals surface area contributed by atoms with Gasteiger partial charge in [0.05, 0.1) is 0 Å². The van der Waals surface area contributed by atoms with Crippen LogP contribution in [0.1, 0.15) is 37.3 Å². The summed E-state index contributed by atoms with van der Waals surface area (Å²) in [6, 6.07) is 5.28. The lowest BCUT2D eigenvalue weighted by atomic mass is 9.98. The van der Waals surface area contributed by atoms with Gasteiger partial charge in [-0.05, 0) is 29.5 Å². The number of hydrogen-bond acceptors (Lipinski definition) is 2. The van der Waals surface area contributed by atoms with Crippen LogP contribution in [0.4, 0.5) is 0 Å². The fraction of sp³-hybridized carbons (Fsp3) is 0.417. The van der Waals surface area contributed by atoms with Crippen LogP contribution < -0.4 is 0 Å². The molecule has 0 radical (unpaired) electrons. The molecule has 2 N–H and O–H groups in total. The van der Waals surface area contributed by atoms with E-state index in [-0.39, 0.29) is 18.1 Å². The van der Waals surface area contributed by atoms with E-state index in [0.29, 0.717) is 6.42 Å². The molecule has 82 valence electrons. The molecule has 15 heavy (non-hydrogen) atoms. The molecule has 0 saturated heterocycles. The summed E-state index contributed by atoms with van der Waals surface area (Å²) in [5.74, 6) is -0.270. The fourth-order valence-corrected chi connectivity index (χ4v) is 1.47. The molecule has 3 heteroatoms. The Labute approximate surface area is 89.4 Å². The summed E-state index contributed by atoms with van der Waals surface area (Å²) >= 11 is 0. The number of aromatic hydroxyl groups is 1. The summed E-state index contributed by atoms with van der Waals surface area (Å²) in [5, 5.41) is 18.1. The van der Waals surface area contributed by atoms with Crippen LogP contribution in [-0.4, -0.2) is 16.2 Å². The average molecular weight is 208 g/mol. The van der Waals surface area contributed by atoms with Crippen molar-refractivity contribution in [3.05, 3.63) is 29.3 Å². The van der Waals surface area contributed by atoms with Gasteiger partial charge < -0.3 is 10.2 Å². The Bertz CT molecular complexity index is 356. The highest BCUT2D eigenvalue weighted by molar-refractivity contribution is 5.67. The first kappa shape index (κ1) is 11.6. The van der Waals surface area contributed by atoms with Crippen molar-refractivity contribution in [2.24, 2.45) is 0 Å². The number of aryl methyl sites for hydroxylation is 1. The molecule has 0 aliphatic carbocycles. The van der Waals surface area contributed by atoms with E-state index in [0.717, 1.165) is 11.1 Å². The highest BCUT2D eigenvalue weighted by atomic mass is 16.4. The van der Waals surface area contributed by atoms with Crippen LogP contribution in [0.2, 0.25) is 0 Å². The van der Waals surface area contributed by atoms with Gasteiger partial charge in [-0.15, -0.1) is 0 Å². The fourth-order valence-electron chi connectivity index (χ4n) is 1.47. The molecule has 0 aromatic heterocycles. The summed E-state index contributed by atoms with van der Waals surface area (Å²) in [4.78, 5) is 10.4. The van der Waals surface area contributed by atoms with Crippen molar-refractivity contribution in [3.8, 4) is 5.75 Å². The molecule has 0 heterocycles. The number of benzene rings is 1. The van der Waals surface area contributed by atoms with Gasteiger partial charge in [0.15, 0.2) is 0 Å². The molecule has 0 atom stereocenters. The predicted octanol–water partition coefficient (Wildman–Crippen LogP) is 2.53. The number of phenols is 1. The molecule has 0 amide bonds. The van der Waals surface area contributed by atoms with Gasteiger partial charge in [0, 0.05) is 6.42 Å². The van der Waals surface area contributed by atoms with E-state index in [1.165, 1.54) is 0 Å². The van der Waals surface area contributed by atoms with E-state index in [1.54, 1.807) is 12.1 Å². The number of carboxylic acid groups (broad SMARTS) is 1. The van der Waals surface area contributed by atoms with E-state index < -0.39 is 5.97 Å². The summed E-state index contributed by atoms with van der Waals surface area (Å²) < 4.78 is 0. The minimum atomic E-state index is -0.797. The zero-order valence-electron chi connectivity index (χ0n) is 9.03. The average Bonchev–Trinajstić information content (AvgIpc) is 2.16. The molecule has 0 aliphatic rings. The molecule has 1 aromatic rings. The van der Waals surface area contributed by atoms with Crippen molar-refractivity contribution < 1.29 is 15.0 Å². The van der Waals surface area contributed by atoms with Crippen molar-refractivity contribution in [3.63, 3.8) is 0 Å². The zero-order chi connectivity index (χ0) is 11.4. The van der Waals surface area contributed by atoms with Gasteiger partial charge in [-0.25, -0.2) is 0 Å². The van der Waals surface area contributed by atoms with Crippen molar-refractivity contribution in [2.45, 2.75) is 32.6 Å². The highest BCUT2D eigenvalue weighted by Crippen LogP contribution is 2.26. The minimum Gasteiger partial charge on any atom is -0.508 e. The molecule has 0 unspecified atom stereocenters. The number of rotatable bonds is 4. The lowest BCUT2D eigenvalue weighted by Gasteiger charge is -2.10. The molecule has 0 fully saturated rings. The van der Waals surface area contributed by atoms with Crippen LogP contribution in [-0.2, 0) is 11.2 Å². The number of phenolic OH excluding ortho intramolecular Hbond substituents is 1. The second-order valence-corrected chi connectivity index (χ2v) is 3.94. The van der Waals surface area contributed by atoms with Crippen LogP contribution in [0.5, 0.6) is 5.75 Å². The Kier molecular flexibility index (Phi) is 3.72. The number of carbonyl (C=O) groups is 1. The molecule has 3 nitrogen and oxygen atoms in total. The molecule has 0 spiro atoms. The first-order valence-corrected chi connectivity index (χ1v) is 5.04. The summed E-state index contributed by atoms with van der Waals surface area (Å²) in [5.41, 5.74) is 1.83. The van der Waals surface area contributed by atoms with Crippen LogP contribution in [0.25, 0.3) is 0 Å². The molecular weight excluding hydrogens is 192 g/mol. The third-order valence-corrected chi connectivity index (χ3v) is 2.34. The SMILES string of the molecule is CC(C)c1cc(CCC(=O)O)ccc1O. The Morgan fingerprint density at radius 3 is 2.60 bits per heavy atom. The molecule has 0 bridgehead atoms. The number of carboxylic acids is 1. The van der Waals surface area contributed by atoms with Crippen molar-refractivity contribution in [1.29, 1.82) is 0 Å². The van der Waals surface area contributed by atoms with Crippen molar-refractivity contribution in [1.82, 2.24) is 0 Å². The molecular formula is C12H16O3. The normalized spacial score (nSPS) is 10.6. The van der Waals surface area contributed by atoms with E-state index in [1.807, 2.05) is 19.9 Å². The molecule has 0 saturated carbocycles. The van der Waals surface area contributed by atoms with Crippen LogP contribution in [0, 0.1) is 0 Å². The number of hydrogen-bond donors (Lipinski definition) is 2. The van der Waals surface area contributed by atoms with E-state index in [4.69, 9.17) is 5.11 Å². The Morgan fingerprint density at radius 1 is 1.40 bits per heavy atom. The lowest BCUT2D eigenvalue weighted by molar-refractivity contribution is -0.136. The van der Waals surface area contributed by atoms with Crippen LogP contribution in [0.15, 0.2) is 18.2 Å². The van der Waals surface area contributed by atoms with Crippen LogP contribution >= 0.6 is 0 Å². The minimum absolute atomic E-state index is 0.127. The van der Waals surface area contributed by atoms with E-state index in [2.05, 4.69) is 0 Å². The summed E-state index contributed by atoms with van der Waals surface area (Å²) in [6.45, 7) is 3.99. The van der Waals surface area contributed by atoms with E-state index >= 15 is 0 Å². The highest BCUT2D eigenvalue weighted by Gasteiger charge is 2.07. The van der Waals surface area contributed by atoms with Gasteiger partial charge in [-0.3, -0.25) is 4.79 Å². The summed E-state index contributed by atoms with van der Waals surface area (Å²) in [7, 11) is 0. The zero-order valence-corrected chi connectivity index (χ0v) is 9.03. The Balaban J connectivity index is 2.83. The molecule has 1 aromatic carbocycles. The maximum Gasteiger partial charge on any atom is 0.303 e. The van der Waals surface area contributed by atoms with Gasteiger partial charge in [0.1, 0.15) is 5.75 Å². The quantitative estimate of drug-likeness (QED) is 0.799. The molecule has 0 aliphatic heterocycles. The second-order valence-electron chi connectivity index (χ2n) is 3.94.